The molecule has 2 fully saturated rings. The fourth-order valence-corrected chi connectivity index (χ4v) is 4.69. The van der Waals surface area contributed by atoms with Gasteiger partial charge in [-0.2, -0.15) is 0 Å². The molecule has 3 heterocycles. The van der Waals surface area contributed by atoms with Crippen LogP contribution >= 0.6 is 0 Å². The van der Waals surface area contributed by atoms with Gasteiger partial charge in [0.25, 0.3) is 0 Å². The highest BCUT2D eigenvalue weighted by Gasteiger charge is 2.56. The van der Waals surface area contributed by atoms with E-state index < -0.39 is 23.6 Å². The molecule has 1 saturated carbocycles. The Morgan fingerprint density at radius 1 is 1.16 bits per heavy atom. The van der Waals surface area contributed by atoms with Gasteiger partial charge in [0.15, 0.2) is 0 Å². The smallest absolute Gasteiger partial charge is 0.233 e. The highest BCUT2D eigenvalue weighted by Crippen LogP contribution is 2.55. The second-order valence-electron chi connectivity index (χ2n) is 8.27. The number of aryl methyl sites for hydroxylation is 1. The molecule has 31 heavy (non-hydrogen) atoms. The van der Waals surface area contributed by atoms with Crippen molar-refractivity contribution < 1.29 is 18.1 Å². The lowest BCUT2D eigenvalue weighted by Crippen LogP contribution is -2.56. The monoisotopic (exact) mass is 420 g/mol. The van der Waals surface area contributed by atoms with Crippen LogP contribution in [0.1, 0.15) is 30.2 Å². The van der Waals surface area contributed by atoms with Crippen molar-refractivity contribution in [3.05, 3.63) is 65.8 Å². The minimum absolute atomic E-state index is 0.0727. The van der Waals surface area contributed by atoms with E-state index in [1.807, 2.05) is 6.07 Å². The van der Waals surface area contributed by atoms with E-state index in [2.05, 4.69) is 15.1 Å². The maximum absolute atomic E-state index is 15.3. The lowest BCUT2D eigenvalue weighted by molar-refractivity contribution is -0.131. The number of anilines is 1. The number of rotatable bonds is 4. The number of hydrogen-bond donors (Lipinski definition) is 1. The Morgan fingerprint density at radius 2 is 1.94 bits per heavy atom. The first-order valence-corrected chi connectivity index (χ1v) is 10.2. The summed E-state index contributed by atoms with van der Waals surface area (Å²) in [6.07, 6.45) is 4.82. The van der Waals surface area contributed by atoms with Crippen molar-refractivity contribution in [3.8, 4) is 11.1 Å². The Morgan fingerprint density at radius 3 is 2.61 bits per heavy atom. The predicted molar refractivity (Wildman–Crippen MR) is 109 cm³/mol. The van der Waals surface area contributed by atoms with E-state index >= 15 is 8.78 Å². The van der Waals surface area contributed by atoms with Crippen LogP contribution < -0.4 is 4.90 Å². The minimum atomic E-state index is -0.686. The highest BCUT2D eigenvalue weighted by atomic mass is 19.1. The Hall–Kier alpha value is -3.55. The molecule has 2 aliphatic rings. The van der Waals surface area contributed by atoms with Crippen molar-refractivity contribution in [2.45, 2.75) is 25.8 Å². The number of benzene rings is 2. The number of aromatic amines is 1. The number of nitrogens with one attached hydrogen (secondary N) is 1. The molecule has 2 aromatic heterocycles. The molecule has 1 aliphatic carbocycles. The van der Waals surface area contributed by atoms with Gasteiger partial charge in [0.1, 0.15) is 17.4 Å². The Labute approximate surface area is 175 Å². The third kappa shape index (κ3) is 2.71. The van der Waals surface area contributed by atoms with Gasteiger partial charge in [-0.3, -0.25) is 4.79 Å². The lowest BCUT2D eigenvalue weighted by Gasteiger charge is -2.48. The summed E-state index contributed by atoms with van der Waals surface area (Å²) in [6.45, 7) is 1.69. The minimum Gasteiger partial charge on any atom is -0.361 e. The molecule has 156 valence electrons. The van der Waals surface area contributed by atoms with Crippen molar-refractivity contribution in [2.24, 2.45) is 11.8 Å². The summed E-state index contributed by atoms with van der Waals surface area (Å²) in [5.74, 6) is -1.21. The average Bonchev–Trinajstić information content (AvgIpc) is 3.27. The molecule has 4 aromatic rings. The predicted octanol–water partition coefficient (Wildman–Crippen LogP) is 4.92. The van der Waals surface area contributed by atoms with Crippen LogP contribution in [0.5, 0.6) is 0 Å². The van der Waals surface area contributed by atoms with Gasteiger partial charge in [-0.1, -0.05) is 5.16 Å². The fourth-order valence-electron chi connectivity index (χ4n) is 4.69. The molecule has 0 bridgehead atoms. The standard InChI is InChI=1S/C23H18F2N4O2/c1-11-15(9-28-31-11)13-6-16(24)21(17(25)7-13)22-20(12-2-3-12)23(30)29(22)14-4-5-18-19(8-14)27-10-26-18/h4-10,12,20,22H,2-3H2,1H3,(H,26,27). The van der Waals surface area contributed by atoms with E-state index in [1.165, 1.54) is 23.2 Å². The molecule has 8 heteroatoms. The topological polar surface area (TPSA) is 75.0 Å². The van der Waals surface area contributed by atoms with Gasteiger partial charge in [-0.05, 0) is 61.6 Å². The van der Waals surface area contributed by atoms with E-state index in [9.17, 15) is 4.79 Å². The van der Waals surface area contributed by atoms with Gasteiger partial charge in [0.05, 0.1) is 35.5 Å². The van der Waals surface area contributed by atoms with Crippen LogP contribution in [-0.4, -0.2) is 21.0 Å². The second kappa shape index (κ2) is 6.47. The maximum atomic E-state index is 15.3. The largest absolute Gasteiger partial charge is 0.361 e. The van der Waals surface area contributed by atoms with Crippen LogP contribution in [0.15, 0.2) is 47.4 Å². The SMILES string of the molecule is Cc1oncc1-c1cc(F)c(C2C(C3CC3)C(=O)N2c2ccc3[nH]cnc3c2)c(F)c1. The lowest BCUT2D eigenvalue weighted by atomic mass is 9.78. The molecule has 1 aliphatic heterocycles. The fraction of sp³-hybridized carbons (Fsp3) is 0.261. The van der Waals surface area contributed by atoms with E-state index in [-0.39, 0.29) is 17.4 Å². The maximum Gasteiger partial charge on any atom is 0.233 e. The van der Waals surface area contributed by atoms with Crippen molar-refractivity contribution in [1.82, 2.24) is 15.1 Å². The molecule has 0 radical (unpaired) electrons. The number of β-lactam (4-membered cyclic amide) rings is 1. The van der Waals surface area contributed by atoms with Gasteiger partial charge < -0.3 is 14.4 Å². The first-order chi connectivity index (χ1) is 15.0. The molecule has 0 spiro atoms. The summed E-state index contributed by atoms with van der Waals surface area (Å²) < 4.78 is 35.7. The summed E-state index contributed by atoms with van der Waals surface area (Å²) in [5.41, 5.74) is 2.93. The Balaban J connectivity index is 1.45. The number of imidazole rings is 1. The van der Waals surface area contributed by atoms with Gasteiger partial charge in [0.2, 0.25) is 5.91 Å². The number of fused-ring (bicyclic) bond motifs is 1. The molecule has 1 amide bonds. The van der Waals surface area contributed by atoms with Crippen LogP contribution in [0.25, 0.3) is 22.2 Å². The third-order valence-electron chi connectivity index (χ3n) is 6.39. The summed E-state index contributed by atoms with van der Waals surface area (Å²) in [6, 6.07) is 7.26. The quantitative estimate of drug-likeness (QED) is 0.476. The molecule has 2 atom stereocenters. The number of carbonyl (C=O) groups excluding carboxylic acids is 1. The Bertz CT molecular complexity index is 1320. The first kappa shape index (κ1) is 18.2. The summed E-state index contributed by atoms with van der Waals surface area (Å²) in [4.78, 5) is 21.8. The van der Waals surface area contributed by atoms with Crippen LogP contribution in [-0.2, 0) is 4.79 Å². The number of hydrogen-bond acceptors (Lipinski definition) is 4. The Kier molecular flexibility index (Phi) is 3.81. The van der Waals surface area contributed by atoms with E-state index in [1.54, 1.807) is 25.4 Å². The summed E-state index contributed by atoms with van der Waals surface area (Å²) in [5, 5.41) is 3.69. The van der Waals surface area contributed by atoms with E-state index in [4.69, 9.17) is 4.52 Å². The number of amides is 1. The molecule has 1 saturated heterocycles. The molecule has 2 aromatic carbocycles. The first-order valence-electron chi connectivity index (χ1n) is 10.2. The molecule has 6 nitrogen and oxygen atoms in total. The van der Waals surface area contributed by atoms with Crippen LogP contribution in [0, 0.1) is 30.4 Å². The van der Waals surface area contributed by atoms with Gasteiger partial charge in [0, 0.05) is 16.8 Å². The van der Waals surface area contributed by atoms with Crippen LogP contribution in [0.3, 0.4) is 0 Å². The molecule has 2 unspecified atom stereocenters. The normalized spacial score (nSPS) is 21.0. The molecule has 6 rings (SSSR count). The zero-order valence-corrected chi connectivity index (χ0v) is 16.6. The van der Waals surface area contributed by atoms with Gasteiger partial charge >= 0.3 is 0 Å². The average molecular weight is 420 g/mol. The van der Waals surface area contributed by atoms with Gasteiger partial charge in [-0.25, -0.2) is 13.8 Å². The van der Waals surface area contributed by atoms with Crippen molar-refractivity contribution in [2.75, 3.05) is 4.90 Å². The van der Waals surface area contributed by atoms with Crippen LogP contribution in [0.2, 0.25) is 0 Å². The van der Waals surface area contributed by atoms with E-state index in [0.717, 1.165) is 18.4 Å². The van der Waals surface area contributed by atoms with E-state index in [0.29, 0.717) is 28.1 Å². The number of nitrogens with zero attached hydrogens (tertiary/aromatic N) is 3. The second-order valence-corrected chi connectivity index (χ2v) is 8.27. The number of aromatic nitrogens is 3. The van der Waals surface area contributed by atoms with Gasteiger partial charge in [-0.15, -0.1) is 0 Å². The number of carbonyl (C=O) groups is 1. The van der Waals surface area contributed by atoms with Crippen molar-refractivity contribution >= 4 is 22.6 Å². The zero-order chi connectivity index (χ0) is 21.3. The zero-order valence-electron chi connectivity index (χ0n) is 16.6. The molecular formula is C23H18F2N4O2. The third-order valence-corrected chi connectivity index (χ3v) is 6.39. The van der Waals surface area contributed by atoms with Crippen molar-refractivity contribution in [3.63, 3.8) is 0 Å². The summed E-state index contributed by atoms with van der Waals surface area (Å²) in [7, 11) is 0. The van der Waals surface area contributed by atoms with Crippen LogP contribution in [0.4, 0.5) is 14.5 Å². The summed E-state index contributed by atoms with van der Waals surface area (Å²) >= 11 is 0. The number of H-pyrrole nitrogens is 1. The molecular weight excluding hydrogens is 402 g/mol. The van der Waals surface area contributed by atoms with Crippen molar-refractivity contribution in [1.29, 1.82) is 0 Å². The number of halogens is 2. The molecule has 1 N–H and O–H groups in total. The highest BCUT2D eigenvalue weighted by molar-refractivity contribution is 6.04.